The highest BCUT2D eigenvalue weighted by atomic mass is 16.3. The fourth-order valence-corrected chi connectivity index (χ4v) is 4.38. The molecule has 0 aromatic carbocycles. The molecule has 2 fully saturated rings. The third kappa shape index (κ3) is 4.34. The van der Waals surface area contributed by atoms with E-state index < -0.39 is 6.10 Å². The zero-order chi connectivity index (χ0) is 20.2. The van der Waals surface area contributed by atoms with Crippen molar-refractivity contribution < 1.29 is 9.90 Å². The lowest BCUT2D eigenvalue weighted by Gasteiger charge is -2.37. The zero-order valence-corrected chi connectivity index (χ0v) is 16.5. The number of rotatable bonds is 5. The first-order chi connectivity index (χ1) is 14.1. The van der Waals surface area contributed by atoms with E-state index in [1.54, 1.807) is 12.1 Å². The first-order valence-corrected chi connectivity index (χ1v) is 10.4. The van der Waals surface area contributed by atoms with Gasteiger partial charge < -0.3 is 20.3 Å². The van der Waals surface area contributed by atoms with Crippen molar-refractivity contribution in [1.29, 1.82) is 0 Å². The van der Waals surface area contributed by atoms with Gasteiger partial charge in [0.1, 0.15) is 11.5 Å². The number of nitrogens with one attached hydrogen (secondary N) is 2. The Balaban J connectivity index is 1.51. The molecule has 0 spiro atoms. The molecule has 1 saturated heterocycles. The maximum atomic E-state index is 12.4. The third-order valence-electron chi connectivity index (χ3n) is 5.98. The van der Waals surface area contributed by atoms with Gasteiger partial charge in [0.15, 0.2) is 0 Å². The third-order valence-corrected chi connectivity index (χ3v) is 5.98. The van der Waals surface area contributed by atoms with Gasteiger partial charge in [-0.05, 0) is 38.2 Å². The molecule has 0 bridgehead atoms. The minimum Gasteiger partial charge on any atom is -0.391 e. The van der Waals surface area contributed by atoms with E-state index in [2.05, 4.69) is 25.3 Å². The van der Waals surface area contributed by atoms with Gasteiger partial charge in [0.05, 0.1) is 24.7 Å². The Morgan fingerprint density at radius 3 is 2.83 bits per heavy atom. The number of carbonyl (C=O) groups is 1. The number of carbonyl (C=O) groups excluding carboxylic acids is 1. The van der Waals surface area contributed by atoms with E-state index >= 15 is 0 Å². The van der Waals surface area contributed by atoms with E-state index in [0.29, 0.717) is 18.7 Å². The number of hydrogen-bond acceptors (Lipinski definition) is 6. The minimum absolute atomic E-state index is 0.102. The zero-order valence-electron chi connectivity index (χ0n) is 16.5. The number of aliphatic hydroxyl groups is 1. The molecule has 3 unspecified atom stereocenters. The largest absolute Gasteiger partial charge is 0.391 e. The van der Waals surface area contributed by atoms with Crippen LogP contribution in [0.15, 0.2) is 29.5 Å². The monoisotopic (exact) mass is 400 g/mol. The molecule has 9 heteroatoms. The lowest BCUT2D eigenvalue weighted by atomic mass is 9.93. The summed E-state index contributed by atoms with van der Waals surface area (Å²) in [7, 11) is 0. The second-order valence-corrected chi connectivity index (χ2v) is 7.91. The SMILES string of the molecule is O=C(NCC1CCCCN1c1ccc(=O)n(C2CCCCC2O)n1)c1cnc[nH]1. The number of imidazole rings is 1. The first kappa shape index (κ1) is 19.6. The Morgan fingerprint density at radius 2 is 2.03 bits per heavy atom. The van der Waals surface area contributed by atoms with Gasteiger partial charge in [-0.1, -0.05) is 12.8 Å². The van der Waals surface area contributed by atoms with E-state index in [9.17, 15) is 14.7 Å². The summed E-state index contributed by atoms with van der Waals surface area (Å²) in [6.07, 6.45) is 8.96. The van der Waals surface area contributed by atoms with E-state index in [-0.39, 0.29) is 23.6 Å². The van der Waals surface area contributed by atoms with Crippen molar-refractivity contribution in [3.05, 3.63) is 40.7 Å². The molecule has 4 rings (SSSR count). The molecule has 0 radical (unpaired) electrons. The van der Waals surface area contributed by atoms with Crippen LogP contribution in [0.25, 0.3) is 0 Å². The van der Waals surface area contributed by atoms with Crippen LogP contribution < -0.4 is 15.8 Å². The summed E-state index contributed by atoms with van der Waals surface area (Å²) >= 11 is 0. The van der Waals surface area contributed by atoms with E-state index in [0.717, 1.165) is 50.9 Å². The predicted octanol–water partition coefficient (Wildman–Crippen LogP) is 1.23. The molecule has 3 N–H and O–H groups in total. The number of nitrogens with zero attached hydrogens (tertiary/aromatic N) is 4. The second-order valence-electron chi connectivity index (χ2n) is 7.91. The van der Waals surface area contributed by atoms with Gasteiger partial charge in [-0.2, -0.15) is 5.10 Å². The molecule has 1 amide bonds. The predicted molar refractivity (Wildman–Crippen MR) is 108 cm³/mol. The van der Waals surface area contributed by atoms with Crippen molar-refractivity contribution in [1.82, 2.24) is 25.1 Å². The molecule has 2 aromatic rings. The molecule has 2 aliphatic rings. The number of H-pyrrole nitrogens is 1. The lowest BCUT2D eigenvalue weighted by Crippen LogP contribution is -2.48. The van der Waals surface area contributed by atoms with Crippen molar-refractivity contribution in [2.45, 2.75) is 63.1 Å². The Bertz CT molecular complexity index is 881. The molecule has 3 atom stereocenters. The second kappa shape index (κ2) is 8.77. The van der Waals surface area contributed by atoms with Crippen molar-refractivity contribution in [2.24, 2.45) is 0 Å². The van der Waals surface area contributed by atoms with Crippen LogP contribution in [0.5, 0.6) is 0 Å². The van der Waals surface area contributed by atoms with Crippen molar-refractivity contribution in [2.75, 3.05) is 18.0 Å². The Hall–Kier alpha value is -2.68. The Labute approximate surface area is 169 Å². The smallest absolute Gasteiger partial charge is 0.269 e. The van der Waals surface area contributed by atoms with Gasteiger partial charge in [0.2, 0.25) is 0 Å². The van der Waals surface area contributed by atoms with Crippen molar-refractivity contribution in [3.8, 4) is 0 Å². The summed E-state index contributed by atoms with van der Waals surface area (Å²) in [5.74, 6) is 0.541. The van der Waals surface area contributed by atoms with Crippen LogP contribution in [-0.4, -0.2) is 56.0 Å². The highest BCUT2D eigenvalue weighted by molar-refractivity contribution is 5.91. The molecule has 1 aliphatic heterocycles. The number of aliphatic hydroxyl groups excluding tert-OH is 1. The van der Waals surface area contributed by atoms with E-state index in [1.807, 2.05) is 0 Å². The number of anilines is 1. The normalized spacial score (nSPS) is 25.0. The number of amides is 1. The number of aromatic nitrogens is 4. The van der Waals surface area contributed by atoms with Crippen LogP contribution >= 0.6 is 0 Å². The van der Waals surface area contributed by atoms with E-state index in [1.165, 1.54) is 17.2 Å². The number of hydrogen-bond donors (Lipinski definition) is 3. The maximum absolute atomic E-state index is 12.4. The minimum atomic E-state index is -0.532. The van der Waals surface area contributed by atoms with Gasteiger partial charge in [-0.25, -0.2) is 9.67 Å². The van der Waals surface area contributed by atoms with Crippen LogP contribution in [0, 0.1) is 0 Å². The van der Waals surface area contributed by atoms with Crippen LogP contribution in [0.1, 0.15) is 61.5 Å². The lowest BCUT2D eigenvalue weighted by molar-refractivity contribution is 0.0669. The number of aromatic amines is 1. The van der Waals surface area contributed by atoms with Gasteiger partial charge in [-0.15, -0.1) is 0 Å². The molecular weight excluding hydrogens is 372 g/mol. The Morgan fingerprint density at radius 1 is 1.21 bits per heavy atom. The van der Waals surface area contributed by atoms with E-state index in [4.69, 9.17) is 0 Å². The summed E-state index contributed by atoms with van der Waals surface area (Å²) in [5, 5.41) is 18.0. The summed E-state index contributed by atoms with van der Waals surface area (Å²) < 4.78 is 1.47. The molecule has 2 aromatic heterocycles. The average molecular weight is 400 g/mol. The highest BCUT2D eigenvalue weighted by Gasteiger charge is 2.29. The van der Waals surface area contributed by atoms with Gasteiger partial charge in [0.25, 0.3) is 11.5 Å². The quantitative estimate of drug-likeness (QED) is 0.695. The Kier molecular flexibility index (Phi) is 5.94. The summed E-state index contributed by atoms with van der Waals surface area (Å²) in [6, 6.07) is 3.13. The van der Waals surface area contributed by atoms with Gasteiger partial charge in [0, 0.05) is 25.2 Å². The maximum Gasteiger partial charge on any atom is 0.269 e. The molecule has 9 nitrogen and oxygen atoms in total. The van der Waals surface area contributed by atoms with Crippen LogP contribution in [0.2, 0.25) is 0 Å². The first-order valence-electron chi connectivity index (χ1n) is 10.4. The molecule has 1 saturated carbocycles. The summed E-state index contributed by atoms with van der Waals surface area (Å²) in [6.45, 7) is 1.31. The molecule has 3 heterocycles. The fraction of sp³-hybridized carbons (Fsp3) is 0.600. The van der Waals surface area contributed by atoms with Crippen LogP contribution in [0.4, 0.5) is 5.82 Å². The standard InChI is InChI=1S/C20H28N6O3/c27-17-7-2-1-6-16(17)26-19(28)9-8-18(24-26)25-10-4-3-5-14(25)11-22-20(29)15-12-21-13-23-15/h8-9,12-14,16-17,27H,1-7,10-11H2,(H,21,23)(H,22,29). The summed E-state index contributed by atoms with van der Waals surface area (Å²) in [5.41, 5.74) is 0.256. The van der Waals surface area contributed by atoms with Crippen LogP contribution in [-0.2, 0) is 0 Å². The van der Waals surface area contributed by atoms with Gasteiger partial charge >= 0.3 is 0 Å². The topological polar surface area (TPSA) is 116 Å². The summed E-state index contributed by atoms with van der Waals surface area (Å²) in [4.78, 5) is 33.5. The van der Waals surface area contributed by atoms with Gasteiger partial charge in [-0.3, -0.25) is 9.59 Å². The number of piperidine rings is 1. The fourth-order valence-electron chi connectivity index (χ4n) is 4.38. The van der Waals surface area contributed by atoms with Crippen LogP contribution in [0.3, 0.4) is 0 Å². The highest BCUT2D eigenvalue weighted by Crippen LogP contribution is 2.28. The molecule has 156 valence electrons. The van der Waals surface area contributed by atoms with Crippen molar-refractivity contribution >= 4 is 11.7 Å². The average Bonchev–Trinajstić information content (AvgIpc) is 3.28. The molecular formula is C20H28N6O3. The molecule has 1 aliphatic carbocycles. The van der Waals surface area contributed by atoms with Crippen molar-refractivity contribution in [3.63, 3.8) is 0 Å². The molecule has 29 heavy (non-hydrogen) atoms.